The lowest BCUT2D eigenvalue weighted by Gasteiger charge is -2.36. The number of fused-ring (bicyclic) bond motifs is 1. The van der Waals surface area contributed by atoms with Crippen molar-refractivity contribution in [2.75, 3.05) is 20.6 Å². The minimum absolute atomic E-state index is 0.139. The second-order valence-electron chi connectivity index (χ2n) is 7.77. The number of likely N-dealkylation sites (tertiary alicyclic amines) is 1. The Labute approximate surface area is 160 Å². The Morgan fingerprint density at radius 3 is 2.70 bits per heavy atom. The Morgan fingerprint density at radius 1 is 1.11 bits per heavy atom. The molecule has 1 saturated heterocycles. The lowest BCUT2D eigenvalue weighted by molar-refractivity contribution is 0.0611. The highest BCUT2D eigenvalue weighted by Gasteiger charge is 2.28. The highest BCUT2D eigenvalue weighted by Crippen LogP contribution is 2.32. The molecule has 27 heavy (non-hydrogen) atoms. The maximum absolute atomic E-state index is 13.3. The zero-order chi connectivity index (χ0) is 18.8. The molecule has 4 nitrogen and oxygen atoms in total. The summed E-state index contributed by atoms with van der Waals surface area (Å²) >= 11 is 0. The van der Waals surface area contributed by atoms with E-state index in [1.54, 1.807) is 0 Å². The molecule has 1 aromatic heterocycles. The molecule has 3 aromatic rings. The molecular formula is C23H27N3O. The molecule has 4 heteroatoms. The van der Waals surface area contributed by atoms with Gasteiger partial charge in [-0.1, -0.05) is 24.3 Å². The Balaban J connectivity index is 1.58. The number of nitrogens with one attached hydrogen (secondary N) is 1. The standard InChI is InChI=1S/C23H27N3O/c1-25(2)16-17-6-8-18(9-7-17)22-5-3-4-14-26(22)23(27)20-10-11-21-19(15-20)12-13-24-21/h6-13,15,22,24H,3-5,14,16H2,1-2H3/t22-/m0/s1. The maximum Gasteiger partial charge on any atom is 0.254 e. The summed E-state index contributed by atoms with van der Waals surface area (Å²) in [6.45, 7) is 1.76. The summed E-state index contributed by atoms with van der Waals surface area (Å²) in [4.78, 5) is 20.7. The van der Waals surface area contributed by atoms with Crippen LogP contribution in [-0.4, -0.2) is 41.3 Å². The van der Waals surface area contributed by atoms with Crippen LogP contribution in [0, 0.1) is 0 Å². The molecular weight excluding hydrogens is 334 g/mol. The molecule has 1 aliphatic rings. The second-order valence-corrected chi connectivity index (χ2v) is 7.77. The molecule has 4 rings (SSSR count). The van der Waals surface area contributed by atoms with E-state index in [4.69, 9.17) is 0 Å². The number of rotatable bonds is 4. The van der Waals surface area contributed by atoms with Gasteiger partial charge in [0.05, 0.1) is 6.04 Å². The predicted molar refractivity (Wildman–Crippen MR) is 110 cm³/mol. The molecule has 2 heterocycles. The largest absolute Gasteiger partial charge is 0.361 e. The van der Waals surface area contributed by atoms with Gasteiger partial charge in [0.1, 0.15) is 0 Å². The van der Waals surface area contributed by atoms with Crippen molar-refractivity contribution >= 4 is 16.8 Å². The average Bonchev–Trinajstić information content (AvgIpc) is 3.15. The van der Waals surface area contributed by atoms with Crippen LogP contribution in [0.2, 0.25) is 0 Å². The molecule has 0 bridgehead atoms. The van der Waals surface area contributed by atoms with Crippen LogP contribution in [0.5, 0.6) is 0 Å². The minimum atomic E-state index is 0.139. The smallest absolute Gasteiger partial charge is 0.254 e. The number of hydrogen-bond donors (Lipinski definition) is 1. The van der Waals surface area contributed by atoms with Crippen LogP contribution in [0.15, 0.2) is 54.7 Å². The summed E-state index contributed by atoms with van der Waals surface area (Å²) in [6.07, 6.45) is 5.20. The topological polar surface area (TPSA) is 39.3 Å². The number of H-pyrrole nitrogens is 1. The van der Waals surface area contributed by atoms with E-state index in [9.17, 15) is 4.79 Å². The van der Waals surface area contributed by atoms with Gasteiger partial charge in [-0.05, 0) is 68.8 Å². The van der Waals surface area contributed by atoms with Crippen LogP contribution in [0.1, 0.15) is 46.8 Å². The van der Waals surface area contributed by atoms with Gasteiger partial charge >= 0.3 is 0 Å². The van der Waals surface area contributed by atoms with Crippen LogP contribution in [-0.2, 0) is 6.54 Å². The third-order valence-corrected chi connectivity index (χ3v) is 5.43. The highest BCUT2D eigenvalue weighted by molar-refractivity contribution is 5.98. The van der Waals surface area contributed by atoms with Crippen molar-refractivity contribution in [1.82, 2.24) is 14.8 Å². The molecule has 0 unspecified atom stereocenters. The summed E-state index contributed by atoms with van der Waals surface area (Å²) in [7, 11) is 4.16. The third kappa shape index (κ3) is 3.76. The first kappa shape index (κ1) is 17.8. The summed E-state index contributed by atoms with van der Waals surface area (Å²) < 4.78 is 0. The van der Waals surface area contributed by atoms with Crippen molar-refractivity contribution in [3.05, 3.63) is 71.4 Å². The molecule has 0 aliphatic carbocycles. The van der Waals surface area contributed by atoms with Gasteiger partial charge < -0.3 is 14.8 Å². The minimum Gasteiger partial charge on any atom is -0.361 e. The van der Waals surface area contributed by atoms with E-state index in [1.807, 2.05) is 30.5 Å². The number of aromatic nitrogens is 1. The summed E-state index contributed by atoms with van der Waals surface area (Å²) in [6, 6.07) is 16.9. The molecule has 1 aliphatic heterocycles. The lowest BCUT2D eigenvalue weighted by Crippen LogP contribution is -2.38. The van der Waals surface area contributed by atoms with E-state index < -0.39 is 0 Å². The SMILES string of the molecule is CN(C)Cc1ccc([C@@H]2CCCCN2C(=O)c2ccc3[nH]ccc3c2)cc1. The first-order valence-corrected chi connectivity index (χ1v) is 9.73. The van der Waals surface area contributed by atoms with Crippen LogP contribution in [0.4, 0.5) is 0 Å². The number of aromatic amines is 1. The Hall–Kier alpha value is -2.59. The second kappa shape index (κ2) is 7.57. The van der Waals surface area contributed by atoms with Gasteiger partial charge in [0.2, 0.25) is 0 Å². The van der Waals surface area contributed by atoms with E-state index in [1.165, 1.54) is 17.5 Å². The van der Waals surface area contributed by atoms with Crippen molar-refractivity contribution in [2.24, 2.45) is 0 Å². The Kier molecular flexibility index (Phi) is 4.99. The van der Waals surface area contributed by atoms with E-state index in [0.29, 0.717) is 0 Å². The zero-order valence-corrected chi connectivity index (χ0v) is 16.1. The molecule has 0 spiro atoms. The maximum atomic E-state index is 13.3. The average molecular weight is 361 g/mol. The van der Waals surface area contributed by atoms with Crippen LogP contribution in [0.3, 0.4) is 0 Å². The van der Waals surface area contributed by atoms with Crippen molar-refractivity contribution in [1.29, 1.82) is 0 Å². The monoisotopic (exact) mass is 361 g/mol. The lowest BCUT2D eigenvalue weighted by atomic mass is 9.93. The molecule has 2 aromatic carbocycles. The number of carbonyl (C=O) groups excluding carboxylic acids is 1. The van der Waals surface area contributed by atoms with Gasteiger partial charge in [-0.2, -0.15) is 0 Å². The summed E-state index contributed by atoms with van der Waals surface area (Å²) in [5.74, 6) is 0.139. The van der Waals surface area contributed by atoms with E-state index in [2.05, 4.69) is 53.1 Å². The number of amides is 1. The van der Waals surface area contributed by atoms with Crippen molar-refractivity contribution in [3.63, 3.8) is 0 Å². The number of carbonyl (C=O) groups is 1. The summed E-state index contributed by atoms with van der Waals surface area (Å²) in [5.41, 5.74) is 4.39. The molecule has 0 radical (unpaired) electrons. The van der Waals surface area contributed by atoms with Crippen molar-refractivity contribution < 1.29 is 4.79 Å². The fourth-order valence-corrected chi connectivity index (χ4v) is 4.08. The first-order chi connectivity index (χ1) is 13.1. The van der Waals surface area contributed by atoms with Crippen LogP contribution >= 0.6 is 0 Å². The summed E-state index contributed by atoms with van der Waals surface area (Å²) in [5, 5.41) is 1.09. The Morgan fingerprint density at radius 2 is 1.93 bits per heavy atom. The molecule has 1 fully saturated rings. The zero-order valence-electron chi connectivity index (χ0n) is 16.1. The highest BCUT2D eigenvalue weighted by atomic mass is 16.2. The molecule has 1 amide bonds. The van der Waals surface area contributed by atoms with Crippen molar-refractivity contribution in [3.8, 4) is 0 Å². The van der Waals surface area contributed by atoms with Gasteiger partial charge in [-0.25, -0.2) is 0 Å². The molecule has 1 N–H and O–H groups in total. The van der Waals surface area contributed by atoms with Gasteiger partial charge in [0.25, 0.3) is 5.91 Å². The van der Waals surface area contributed by atoms with Crippen LogP contribution < -0.4 is 0 Å². The van der Waals surface area contributed by atoms with Crippen LogP contribution in [0.25, 0.3) is 10.9 Å². The first-order valence-electron chi connectivity index (χ1n) is 9.73. The molecule has 1 atom stereocenters. The Bertz CT molecular complexity index is 926. The van der Waals surface area contributed by atoms with Gasteiger partial charge in [0, 0.05) is 35.8 Å². The van der Waals surface area contributed by atoms with E-state index >= 15 is 0 Å². The van der Waals surface area contributed by atoms with E-state index in [-0.39, 0.29) is 11.9 Å². The van der Waals surface area contributed by atoms with Gasteiger partial charge in [-0.3, -0.25) is 4.79 Å². The molecule has 140 valence electrons. The number of nitrogens with zero attached hydrogens (tertiary/aromatic N) is 2. The number of piperidine rings is 1. The quantitative estimate of drug-likeness (QED) is 0.738. The molecule has 0 saturated carbocycles. The third-order valence-electron chi connectivity index (χ3n) is 5.43. The van der Waals surface area contributed by atoms with E-state index in [0.717, 1.165) is 42.4 Å². The number of hydrogen-bond acceptors (Lipinski definition) is 2. The number of benzene rings is 2. The van der Waals surface area contributed by atoms with Crippen molar-refractivity contribution in [2.45, 2.75) is 31.8 Å². The fraction of sp³-hybridized carbons (Fsp3) is 0.348. The van der Waals surface area contributed by atoms with Gasteiger partial charge in [-0.15, -0.1) is 0 Å². The van der Waals surface area contributed by atoms with Gasteiger partial charge in [0.15, 0.2) is 0 Å². The fourth-order valence-electron chi connectivity index (χ4n) is 4.08. The predicted octanol–water partition coefficient (Wildman–Crippen LogP) is 4.60. The normalized spacial score (nSPS) is 17.6.